The van der Waals surface area contributed by atoms with Crippen molar-refractivity contribution in [1.82, 2.24) is 5.32 Å². The van der Waals surface area contributed by atoms with Gasteiger partial charge in [-0.25, -0.2) is 4.39 Å². The molecule has 0 saturated heterocycles. The molecular weight excluding hydrogens is 297 g/mol. The van der Waals surface area contributed by atoms with Gasteiger partial charge in [-0.1, -0.05) is 18.2 Å². The molecule has 1 aliphatic heterocycles. The number of halogens is 1. The van der Waals surface area contributed by atoms with Crippen LogP contribution in [0.25, 0.3) is 0 Å². The zero-order valence-corrected chi connectivity index (χ0v) is 13.3. The van der Waals surface area contributed by atoms with E-state index in [1.54, 1.807) is 19.2 Å². The van der Waals surface area contributed by atoms with Crippen LogP contribution in [0.3, 0.4) is 0 Å². The lowest BCUT2D eigenvalue weighted by atomic mass is 10.1. The molecule has 23 heavy (non-hydrogen) atoms. The van der Waals surface area contributed by atoms with E-state index in [-0.39, 0.29) is 11.9 Å². The third-order valence-corrected chi connectivity index (χ3v) is 3.87. The second-order valence-electron chi connectivity index (χ2n) is 5.45. The number of nitrogens with one attached hydrogen (secondary N) is 1. The highest BCUT2D eigenvalue weighted by molar-refractivity contribution is 5.54. The largest absolute Gasteiger partial charge is 0.493 e. The predicted molar refractivity (Wildman–Crippen MR) is 85.6 cm³/mol. The summed E-state index contributed by atoms with van der Waals surface area (Å²) in [7, 11) is 1.60. The summed E-state index contributed by atoms with van der Waals surface area (Å²) in [5.74, 6) is 1.78. The summed E-state index contributed by atoms with van der Waals surface area (Å²) >= 11 is 0. The quantitative estimate of drug-likeness (QED) is 0.917. The van der Waals surface area contributed by atoms with Gasteiger partial charge in [0.05, 0.1) is 7.11 Å². The third-order valence-electron chi connectivity index (χ3n) is 3.87. The topological polar surface area (TPSA) is 39.7 Å². The van der Waals surface area contributed by atoms with E-state index in [9.17, 15) is 4.39 Å². The van der Waals surface area contributed by atoms with E-state index in [1.807, 2.05) is 25.1 Å². The molecule has 5 heteroatoms. The van der Waals surface area contributed by atoms with Crippen LogP contribution in [0.1, 0.15) is 24.1 Å². The first-order valence-electron chi connectivity index (χ1n) is 7.63. The Morgan fingerprint density at radius 1 is 1.22 bits per heavy atom. The second kappa shape index (κ2) is 6.87. The first kappa shape index (κ1) is 15.6. The van der Waals surface area contributed by atoms with E-state index < -0.39 is 0 Å². The predicted octanol–water partition coefficient (Wildman–Crippen LogP) is 3.46. The van der Waals surface area contributed by atoms with Gasteiger partial charge in [0.15, 0.2) is 11.5 Å². The van der Waals surface area contributed by atoms with Crippen molar-refractivity contribution in [2.45, 2.75) is 19.5 Å². The Labute approximate surface area is 135 Å². The highest BCUT2D eigenvalue weighted by atomic mass is 19.1. The molecule has 0 spiro atoms. The van der Waals surface area contributed by atoms with Crippen molar-refractivity contribution in [1.29, 1.82) is 0 Å². The number of fused-ring (bicyclic) bond motifs is 1. The first-order chi connectivity index (χ1) is 11.2. The molecule has 2 aromatic rings. The van der Waals surface area contributed by atoms with E-state index in [0.717, 1.165) is 5.56 Å². The Bertz CT molecular complexity index is 673. The van der Waals surface area contributed by atoms with Gasteiger partial charge in [-0.15, -0.1) is 0 Å². The maximum Gasteiger partial charge on any atom is 0.203 e. The lowest BCUT2D eigenvalue weighted by Crippen LogP contribution is -2.20. The van der Waals surface area contributed by atoms with Crippen molar-refractivity contribution >= 4 is 0 Å². The summed E-state index contributed by atoms with van der Waals surface area (Å²) in [6.07, 6.45) is 0. The van der Waals surface area contributed by atoms with Crippen LogP contribution in [-0.2, 0) is 6.54 Å². The number of ether oxygens (including phenoxy) is 3. The number of hydrogen-bond acceptors (Lipinski definition) is 4. The SMILES string of the molecule is COc1cc(CN[C@H](C)c2ccccc2F)cc2c1OCCO2. The van der Waals surface area contributed by atoms with Gasteiger partial charge >= 0.3 is 0 Å². The summed E-state index contributed by atoms with van der Waals surface area (Å²) in [5.41, 5.74) is 1.64. The van der Waals surface area contributed by atoms with Crippen LogP contribution < -0.4 is 19.5 Å². The Hall–Kier alpha value is -2.27. The molecule has 0 fully saturated rings. The minimum absolute atomic E-state index is 0.101. The molecule has 3 rings (SSSR count). The van der Waals surface area contributed by atoms with Gasteiger partial charge < -0.3 is 19.5 Å². The van der Waals surface area contributed by atoms with Gasteiger partial charge in [0.25, 0.3) is 0 Å². The van der Waals surface area contributed by atoms with Gasteiger partial charge in [-0.2, -0.15) is 0 Å². The van der Waals surface area contributed by atoms with Crippen molar-refractivity contribution < 1.29 is 18.6 Å². The average Bonchev–Trinajstić information content (AvgIpc) is 2.59. The maximum atomic E-state index is 13.8. The smallest absolute Gasteiger partial charge is 0.203 e. The molecule has 0 bridgehead atoms. The fraction of sp³-hybridized carbons (Fsp3) is 0.333. The van der Waals surface area contributed by atoms with Gasteiger partial charge in [-0.3, -0.25) is 0 Å². The van der Waals surface area contributed by atoms with Crippen molar-refractivity contribution in [3.05, 3.63) is 53.3 Å². The van der Waals surface area contributed by atoms with Crippen LogP contribution in [0, 0.1) is 5.82 Å². The average molecular weight is 317 g/mol. The first-order valence-corrected chi connectivity index (χ1v) is 7.63. The summed E-state index contributed by atoms with van der Waals surface area (Å²) < 4.78 is 30.4. The molecule has 0 amide bonds. The molecule has 0 radical (unpaired) electrons. The summed E-state index contributed by atoms with van der Waals surface area (Å²) in [6.45, 7) is 3.56. The number of hydrogen-bond donors (Lipinski definition) is 1. The van der Waals surface area contributed by atoms with Crippen LogP contribution in [-0.4, -0.2) is 20.3 Å². The summed E-state index contributed by atoms with van der Waals surface area (Å²) in [4.78, 5) is 0. The van der Waals surface area contributed by atoms with Gasteiger partial charge in [0.2, 0.25) is 5.75 Å². The Morgan fingerprint density at radius 2 is 2.00 bits per heavy atom. The van der Waals surface area contributed by atoms with Crippen molar-refractivity contribution in [2.75, 3.05) is 20.3 Å². The minimum Gasteiger partial charge on any atom is -0.493 e. The molecule has 0 unspecified atom stereocenters. The normalized spacial score (nSPS) is 14.4. The van der Waals surface area contributed by atoms with E-state index in [4.69, 9.17) is 14.2 Å². The summed E-state index contributed by atoms with van der Waals surface area (Å²) in [5, 5.41) is 3.32. The minimum atomic E-state index is -0.202. The maximum absolute atomic E-state index is 13.8. The molecular formula is C18H20FNO3. The van der Waals surface area contributed by atoms with Crippen molar-refractivity contribution in [3.63, 3.8) is 0 Å². The molecule has 1 aliphatic rings. The Kier molecular flexibility index (Phi) is 4.67. The Balaban J connectivity index is 1.74. The van der Waals surface area contributed by atoms with Crippen molar-refractivity contribution in [2.24, 2.45) is 0 Å². The molecule has 0 aromatic heterocycles. The van der Waals surface area contributed by atoms with Crippen LogP contribution >= 0.6 is 0 Å². The van der Waals surface area contributed by atoms with Crippen LogP contribution in [0.15, 0.2) is 36.4 Å². The lowest BCUT2D eigenvalue weighted by Gasteiger charge is -2.22. The fourth-order valence-corrected chi connectivity index (χ4v) is 2.64. The zero-order chi connectivity index (χ0) is 16.2. The standard InChI is InChI=1S/C18H20FNO3/c1-12(14-5-3-4-6-15(14)19)20-11-13-9-16(21-2)18-17(10-13)22-7-8-23-18/h3-6,9-10,12,20H,7-8,11H2,1-2H3/t12-/m1/s1. The second-order valence-corrected chi connectivity index (χ2v) is 5.45. The molecule has 122 valence electrons. The number of rotatable bonds is 5. The van der Waals surface area contributed by atoms with E-state index in [0.29, 0.717) is 42.6 Å². The highest BCUT2D eigenvalue weighted by Gasteiger charge is 2.19. The molecule has 1 heterocycles. The number of benzene rings is 2. The number of methoxy groups -OCH3 is 1. The monoisotopic (exact) mass is 317 g/mol. The van der Waals surface area contributed by atoms with Gasteiger partial charge in [0, 0.05) is 18.2 Å². The van der Waals surface area contributed by atoms with Crippen LogP contribution in [0.2, 0.25) is 0 Å². The highest BCUT2D eigenvalue weighted by Crippen LogP contribution is 2.40. The zero-order valence-electron chi connectivity index (χ0n) is 13.3. The molecule has 1 atom stereocenters. The fourth-order valence-electron chi connectivity index (χ4n) is 2.64. The van der Waals surface area contributed by atoms with Crippen molar-refractivity contribution in [3.8, 4) is 17.2 Å². The molecule has 1 N–H and O–H groups in total. The van der Waals surface area contributed by atoms with Gasteiger partial charge in [-0.05, 0) is 30.7 Å². The molecule has 4 nitrogen and oxygen atoms in total. The molecule has 2 aromatic carbocycles. The van der Waals surface area contributed by atoms with Crippen LogP contribution in [0.4, 0.5) is 4.39 Å². The molecule has 0 aliphatic carbocycles. The molecule has 0 saturated carbocycles. The van der Waals surface area contributed by atoms with Gasteiger partial charge in [0.1, 0.15) is 19.0 Å². The third kappa shape index (κ3) is 3.40. The van der Waals surface area contributed by atoms with E-state index >= 15 is 0 Å². The lowest BCUT2D eigenvalue weighted by molar-refractivity contribution is 0.165. The van der Waals surface area contributed by atoms with Crippen LogP contribution in [0.5, 0.6) is 17.2 Å². The summed E-state index contributed by atoms with van der Waals surface area (Å²) in [6, 6.07) is 10.5. The van der Waals surface area contributed by atoms with E-state index in [2.05, 4.69) is 5.32 Å². The Morgan fingerprint density at radius 3 is 2.78 bits per heavy atom. The van der Waals surface area contributed by atoms with E-state index in [1.165, 1.54) is 6.07 Å².